The van der Waals surface area contributed by atoms with Crippen LogP contribution in [-0.4, -0.2) is 47.7 Å². The molecule has 0 saturated carbocycles. The van der Waals surface area contributed by atoms with Crippen molar-refractivity contribution in [3.05, 3.63) is 35.4 Å². The van der Waals surface area contributed by atoms with Gasteiger partial charge in [-0.2, -0.15) is 0 Å². The standard InChI is InChI=1S/C17H22N2O3/c1-3-4-11-18(2)15(20)10-7-12-19-16(21)13-8-5-6-9-14(13)17(19)22/h5-6,8-9H,3-4,7,10-12H2,1-2H3. The first-order chi connectivity index (χ1) is 10.6. The van der Waals surface area contributed by atoms with Gasteiger partial charge in [-0.15, -0.1) is 0 Å². The lowest BCUT2D eigenvalue weighted by molar-refractivity contribution is -0.130. The number of amides is 3. The third kappa shape index (κ3) is 3.35. The Morgan fingerprint density at radius 1 is 1.09 bits per heavy atom. The van der Waals surface area contributed by atoms with Gasteiger partial charge in [-0.25, -0.2) is 0 Å². The molecule has 1 heterocycles. The lowest BCUT2D eigenvalue weighted by Crippen LogP contribution is -2.32. The molecule has 1 aliphatic rings. The third-order valence-corrected chi connectivity index (χ3v) is 3.92. The maximum atomic E-state index is 12.2. The van der Waals surface area contributed by atoms with E-state index in [1.165, 1.54) is 4.90 Å². The van der Waals surface area contributed by atoms with Crippen LogP contribution in [0.5, 0.6) is 0 Å². The van der Waals surface area contributed by atoms with Crippen LogP contribution < -0.4 is 0 Å². The molecule has 1 aliphatic heterocycles. The average Bonchev–Trinajstić information content (AvgIpc) is 2.77. The van der Waals surface area contributed by atoms with Gasteiger partial charge in [0.25, 0.3) is 11.8 Å². The Bertz CT molecular complexity index is 548. The molecule has 5 nitrogen and oxygen atoms in total. The number of carbonyl (C=O) groups is 3. The van der Waals surface area contributed by atoms with Crippen LogP contribution in [0.25, 0.3) is 0 Å². The van der Waals surface area contributed by atoms with Crippen LogP contribution in [0.4, 0.5) is 0 Å². The minimum Gasteiger partial charge on any atom is -0.346 e. The van der Waals surface area contributed by atoms with E-state index in [0.29, 0.717) is 30.5 Å². The number of unbranched alkanes of at least 4 members (excludes halogenated alkanes) is 1. The Kier molecular flexibility index (Phi) is 5.31. The van der Waals surface area contributed by atoms with Crippen molar-refractivity contribution in [1.82, 2.24) is 9.80 Å². The fourth-order valence-corrected chi connectivity index (χ4v) is 2.54. The summed E-state index contributed by atoms with van der Waals surface area (Å²) in [6.07, 6.45) is 2.89. The topological polar surface area (TPSA) is 57.7 Å². The quantitative estimate of drug-likeness (QED) is 0.726. The lowest BCUT2D eigenvalue weighted by atomic mass is 10.1. The summed E-state index contributed by atoms with van der Waals surface area (Å²) in [5.41, 5.74) is 0.915. The molecule has 0 aliphatic carbocycles. The van der Waals surface area contributed by atoms with Crippen molar-refractivity contribution in [2.45, 2.75) is 32.6 Å². The minimum atomic E-state index is -0.257. The largest absolute Gasteiger partial charge is 0.346 e. The van der Waals surface area contributed by atoms with Gasteiger partial charge in [0.15, 0.2) is 0 Å². The molecule has 0 unspecified atom stereocenters. The fourth-order valence-electron chi connectivity index (χ4n) is 2.54. The van der Waals surface area contributed by atoms with Crippen molar-refractivity contribution in [2.75, 3.05) is 20.1 Å². The summed E-state index contributed by atoms with van der Waals surface area (Å²) in [5.74, 6) is -0.454. The number of hydrogen-bond donors (Lipinski definition) is 0. The van der Waals surface area contributed by atoms with Crippen molar-refractivity contribution in [2.24, 2.45) is 0 Å². The second-order valence-corrected chi connectivity index (χ2v) is 5.58. The van der Waals surface area contributed by atoms with Crippen LogP contribution in [0.15, 0.2) is 24.3 Å². The average molecular weight is 302 g/mol. The van der Waals surface area contributed by atoms with Gasteiger partial charge in [0.1, 0.15) is 0 Å². The second-order valence-electron chi connectivity index (χ2n) is 5.58. The lowest BCUT2D eigenvalue weighted by Gasteiger charge is -2.18. The molecule has 0 bridgehead atoms. The van der Waals surface area contributed by atoms with Crippen LogP contribution in [0.2, 0.25) is 0 Å². The summed E-state index contributed by atoms with van der Waals surface area (Å²) in [6.45, 7) is 3.13. The maximum Gasteiger partial charge on any atom is 0.261 e. The Morgan fingerprint density at radius 3 is 2.23 bits per heavy atom. The van der Waals surface area contributed by atoms with E-state index in [2.05, 4.69) is 6.92 Å². The summed E-state index contributed by atoms with van der Waals surface area (Å²) in [6, 6.07) is 6.83. The first kappa shape index (κ1) is 16.2. The Morgan fingerprint density at radius 2 is 1.68 bits per heavy atom. The van der Waals surface area contributed by atoms with E-state index in [4.69, 9.17) is 0 Å². The zero-order chi connectivity index (χ0) is 16.1. The van der Waals surface area contributed by atoms with E-state index in [1.54, 1.807) is 36.2 Å². The van der Waals surface area contributed by atoms with Crippen LogP contribution in [0.1, 0.15) is 53.3 Å². The number of rotatable bonds is 7. The fraction of sp³-hybridized carbons (Fsp3) is 0.471. The molecule has 3 amide bonds. The normalized spacial score (nSPS) is 13.5. The predicted molar refractivity (Wildman–Crippen MR) is 83.6 cm³/mol. The highest BCUT2D eigenvalue weighted by Gasteiger charge is 2.34. The van der Waals surface area contributed by atoms with Gasteiger partial charge in [0.05, 0.1) is 11.1 Å². The van der Waals surface area contributed by atoms with E-state index < -0.39 is 0 Å². The molecule has 0 spiro atoms. The number of nitrogens with zero attached hydrogens (tertiary/aromatic N) is 2. The molecule has 0 saturated heterocycles. The highest BCUT2D eigenvalue weighted by Crippen LogP contribution is 2.22. The highest BCUT2D eigenvalue weighted by molar-refractivity contribution is 6.21. The molecule has 1 aromatic rings. The third-order valence-electron chi connectivity index (χ3n) is 3.92. The molecular weight excluding hydrogens is 280 g/mol. The summed E-state index contributed by atoms with van der Waals surface area (Å²) in [4.78, 5) is 39.2. The van der Waals surface area contributed by atoms with E-state index in [-0.39, 0.29) is 17.7 Å². The van der Waals surface area contributed by atoms with Crippen molar-refractivity contribution in [1.29, 1.82) is 0 Å². The van der Waals surface area contributed by atoms with Crippen molar-refractivity contribution < 1.29 is 14.4 Å². The zero-order valence-corrected chi connectivity index (χ0v) is 13.2. The SMILES string of the molecule is CCCCN(C)C(=O)CCCN1C(=O)c2ccccc2C1=O. The highest BCUT2D eigenvalue weighted by atomic mass is 16.2. The monoisotopic (exact) mass is 302 g/mol. The van der Waals surface area contributed by atoms with Crippen LogP contribution >= 0.6 is 0 Å². The maximum absolute atomic E-state index is 12.2. The predicted octanol–water partition coefficient (Wildman–Crippen LogP) is 2.32. The number of benzene rings is 1. The Balaban J connectivity index is 1.85. The molecule has 5 heteroatoms. The molecule has 1 aromatic carbocycles. The minimum absolute atomic E-state index is 0.0602. The van der Waals surface area contributed by atoms with E-state index >= 15 is 0 Å². The molecule has 2 rings (SSSR count). The first-order valence-corrected chi connectivity index (χ1v) is 7.75. The van der Waals surface area contributed by atoms with Gasteiger partial charge in [-0.1, -0.05) is 25.5 Å². The summed E-state index contributed by atoms with van der Waals surface area (Å²) in [7, 11) is 1.79. The van der Waals surface area contributed by atoms with Gasteiger partial charge >= 0.3 is 0 Å². The van der Waals surface area contributed by atoms with Crippen molar-refractivity contribution in [3.63, 3.8) is 0 Å². The van der Waals surface area contributed by atoms with E-state index in [9.17, 15) is 14.4 Å². The van der Waals surface area contributed by atoms with Crippen molar-refractivity contribution >= 4 is 17.7 Å². The summed E-state index contributed by atoms with van der Waals surface area (Å²) >= 11 is 0. The van der Waals surface area contributed by atoms with Crippen molar-refractivity contribution in [3.8, 4) is 0 Å². The Hall–Kier alpha value is -2.17. The van der Waals surface area contributed by atoms with E-state index in [0.717, 1.165) is 19.4 Å². The van der Waals surface area contributed by atoms with Gasteiger partial charge in [-0.05, 0) is 25.0 Å². The smallest absolute Gasteiger partial charge is 0.261 e. The van der Waals surface area contributed by atoms with Gasteiger partial charge in [0.2, 0.25) is 5.91 Å². The second kappa shape index (κ2) is 7.20. The molecule has 0 N–H and O–H groups in total. The van der Waals surface area contributed by atoms with Crippen LogP contribution in [-0.2, 0) is 4.79 Å². The molecular formula is C17H22N2O3. The van der Waals surface area contributed by atoms with Gasteiger partial charge in [0, 0.05) is 26.6 Å². The molecule has 0 atom stereocenters. The molecule has 0 radical (unpaired) electrons. The number of imide groups is 1. The van der Waals surface area contributed by atoms with Crippen LogP contribution in [0, 0.1) is 0 Å². The zero-order valence-electron chi connectivity index (χ0n) is 13.2. The van der Waals surface area contributed by atoms with Gasteiger partial charge < -0.3 is 4.90 Å². The summed E-state index contributed by atoms with van der Waals surface area (Å²) < 4.78 is 0. The summed E-state index contributed by atoms with van der Waals surface area (Å²) in [5, 5.41) is 0. The van der Waals surface area contributed by atoms with Gasteiger partial charge in [-0.3, -0.25) is 19.3 Å². The van der Waals surface area contributed by atoms with E-state index in [1.807, 2.05) is 0 Å². The Labute approximate surface area is 130 Å². The molecule has 0 aromatic heterocycles. The molecule has 118 valence electrons. The first-order valence-electron chi connectivity index (χ1n) is 7.75. The number of fused-ring (bicyclic) bond motifs is 1. The number of hydrogen-bond acceptors (Lipinski definition) is 3. The number of carbonyl (C=O) groups excluding carboxylic acids is 3. The molecule has 22 heavy (non-hydrogen) atoms. The van der Waals surface area contributed by atoms with Crippen LogP contribution in [0.3, 0.4) is 0 Å². The molecule has 0 fully saturated rings.